The largest absolute Gasteiger partial charge is 0.351 e. The van der Waals surface area contributed by atoms with Crippen LogP contribution < -0.4 is 5.32 Å². The van der Waals surface area contributed by atoms with Gasteiger partial charge in [-0.15, -0.1) is 0 Å². The second-order valence-corrected chi connectivity index (χ2v) is 6.93. The van der Waals surface area contributed by atoms with Crippen molar-refractivity contribution in [1.29, 1.82) is 0 Å². The maximum absolute atomic E-state index is 12.1. The van der Waals surface area contributed by atoms with E-state index >= 15 is 0 Å². The number of rotatable bonds is 6. The Labute approximate surface area is 129 Å². The van der Waals surface area contributed by atoms with Gasteiger partial charge in [-0.25, -0.2) is 17.4 Å². The molecule has 0 aliphatic heterocycles. The van der Waals surface area contributed by atoms with Crippen LogP contribution in [-0.4, -0.2) is 54.8 Å². The van der Waals surface area contributed by atoms with E-state index in [0.717, 1.165) is 11.9 Å². The van der Waals surface area contributed by atoms with Gasteiger partial charge in [-0.05, 0) is 24.3 Å². The van der Waals surface area contributed by atoms with E-state index in [1.165, 1.54) is 11.4 Å². The standard InChI is InChI=1S/C14H18N4O3S/c1-17(22(2,20)21)10-8-15-14(19)12-5-3-6-13(11-12)18-9-4-7-16-18/h3-7,9,11H,8,10H2,1-2H3,(H,15,19). The minimum absolute atomic E-state index is 0.226. The number of hydrogen-bond acceptors (Lipinski definition) is 4. The molecule has 1 heterocycles. The van der Waals surface area contributed by atoms with Gasteiger partial charge in [-0.1, -0.05) is 6.07 Å². The van der Waals surface area contributed by atoms with Crippen LogP contribution in [-0.2, 0) is 10.0 Å². The lowest BCUT2D eigenvalue weighted by atomic mass is 10.2. The van der Waals surface area contributed by atoms with Crippen LogP contribution in [0, 0.1) is 0 Å². The lowest BCUT2D eigenvalue weighted by molar-refractivity contribution is 0.0952. The first-order valence-corrected chi connectivity index (χ1v) is 8.52. The Bertz CT molecular complexity index is 741. The van der Waals surface area contributed by atoms with Crippen LogP contribution in [0.3, 0.4) is 0 Å². The average molecular weight is 322 g/mol. The predicted molar refractivity (Wildman–Crippen MR) is 83.4 cm³/mol. The zero-order valence-electron chi connectivity index (χ0n) is 12.4. The van der Waals surface area contributed by atoms with E-state index in [0.29, 0.717) is 5.56 Å². The molecule has 8 heteroatoms. The monoisotopic (exact) mass is 322 g/mol. The predicted octanol–water partition coefficient (Wildman–Crippen LogP) is 0.493. The van der Waals surface area contributed by atoms with Crippen LogP contribution >= 0.6 is 0 Å². The summed E-state index contributed by atoms with van der Waals surface area (Å²) in [6.45, 7) is 0.470. The average Bonchev–Trinajstić information content (AvgIpc) is 3.00. The maximum atomic E-state index is 12.1. The number of hydrogen-bond donors (Lipinski definition) is 1. The molecule has 0 fully saturated rings. The summed E-state index contributed by atoms with van der Waals surface area (Å²) in [7, 11) is -1.76. The van der Waals surface area contributed by atoms with Crippen molar-refractivity contribution in [1.82, 2.24) is 19.4 Å². The molecule has 0 saturated carbocycles. The van der Waals surface area contributed by atoms with Crippen molar-refractivity contribution in [2.24, 2.45) is 0 Å². The number of nitrogens with one attached hydrogen (secondary N) is 1. The van der Waals surface area contributed by atoms with E-state index < -0.39 is 10.0 Å². The van der Waals surface area contributed by atoms with E-state index in [9.17, 15) is 13.2 Å². The third kappa shape index (κ3) is 4.15. The van der Waals surface area contributed by atoms with Crippen molar-refractivity contribution in [2.45, 2.75) is 0 Å². The molecule has 2 rings (SSSR count). The maximum Gasteiger partial charge on any atom is 0.251 e. The van der Waals surface area contributed by atoms with Crippen molar-refractivity contribution in [2.75, 3.05) is 26.4 Å². The fraction of sp³-hybridized carbons (Fsp3) is 0.286. The number of sulfonamides is 1. The summed E-state index contributed by atoms with van der Waals surface area (Å²) < 4.78 is 25.4. The highest BCUT2D eigenvalue weighted by Crippen LogP contribution is 2.09. The molecule has 0 atom stereocenters. The molecular weight excluding hydrogens is 304 g/mol. The van der Waals surface area contributed by atoms with Crippen LogP contribution in [0.1, 0.15) is 10.4 Å². The summed E-state index contributed by atoms with van der Waals surface area (Å²) in [5.41, 5.74) is 1.28. The Morgan fingerprint density at radius 3 is 2.77 bits per heavy atom. The highest BCUT2D eigenvalue weighted by Gasteiger charge is 2.11. The van der Waals surface area contributed by atoms with Gasteiger partial charge in [0.1, 0.15) is 0 Å². The molecule has 1 aromatic heterocycles. The molecule has 0 radical (unpaired) electrons. The summed E-state index contributed by atoms with van der Waals surface area (Å²) in [5.74, 6) is -0.254. The Balaban J connectivity index is 1.97. The first-order chi connectivity index (χ1) is 10.4. The molecule has 0 bridgehead atoms. The molecule has 22 heavy (non-hydrogen) atoms. The zero-order chi connectivity index (χ0) is 16.2. The fourth-order valence-corrected chi connectivity index (χ4v) is 2.23. The summed E-state index contributed by atoms with van der Waals surface area (Å²) in [6, 6.07) is 8.84. The number of amides is 1. The molecule has 118 valence electrons. The van der Waals surface area contributed by atoms with E-state index in [4.69, 9.17) is 0 Å². The van der Waals surface area contributed by atoms with Crippen molar-refractivity contribution < 1.29 is 13.2 Å². The molecule has 0 spiro atoms. The Morgan fingerprint density at radius 1 is 1.36 bits per heavy atom. The van der Waals surface area contributed by atoms with E-state index in [1.807, 2.05) is 6.07 Å². The fourth-order valence-electron chi connectivity index (χ4n) is 1.81. The van der Waals surface area contributed by atoms with Crippen LogP contribution in [0.4, 0.5) is 0 Å². The van der Waals surface area contributed by atoms with Gasteiger partial charge < -0.3 is 5.32 Å². The van der Waals surface area contributed by atoms with Crippen LogP contribution in [0.5, 0.6) is 0 Å². The van der Waals surface area contributed by atoms with Gasteiger partial charge in [0.25, 0.3) is 5.91 Å². The van der Waals surface area contributed by atoms with E-state index in [-0.39, 0.29) is 19.0 Å². The number of likely N-dealkylation sites (N-methyl/N-ethyl adjacent to an activating group) is 1. The second-order valence-electron chi connectivity index (χ2n) is 4.84. The third-order valence-electron chi connectivity index (χ3n) is 3.16. The summed E-state index contributed by atoms with van der Waals surface area (Å²) in [5, 5.41) is 6.81. The van der Waals surface area contributed by atoms with Crippen LogP contribution in [0.15, 0.2) is 42.7 Å². The summed E-state index contributed by atoms with van der Waals surface area (Å²) in [4.78, 5) is 12.1. The number of benzene rings is 1. The molecule has 1 N–H and O–H groups in total. The molecule has 2 aromatic rings. The smallest absolute Gasteiger partial charge is 0.251 e. The van der Waals surface area contributed by atoms with Crippen molar-refractivity contribution in [3.63, 3.8) is 0 Å². The minimum Gasteiger partial charge on any atom is -0.351 e. The van der Waals surface area contributed by atoms with Gasteiger partial charge in [0, 0.05) is 38.1 Å². The molecule has 0 aliphatic rings. The first kappa shape index (κ1) is 16.2. The Hall–Kier alpha value is -2.19. The highest BCUT2D eigenvalue weighted by atomic mass is 32.2. The molecule has 0 unspecified atom stereocenters. The normalized spacial score (nSPS) is 11.6. The number of nitrogens with zero attached hydrogens (tertiary/aromatic N) is 3. The van der Waals surface area contributed by atoms with Gasteiger partial charge in [0.05, 0.1) is 11.9 Å². The highest BCUT2D eigenvalue weighted by molar-refractivity contribution is 7.88. The topological polar surface area (TPSA) is 84.3 Å². The summed E-state index contributed by atoms with van der Waals surface area (Å²) in [6.07, 6.45) is 4.58. The van der Waals surface area contributed by atoms with Gasteiger partial charge in [0.2, 0.25) is 10.0 Å². The van der Waals surface area contributed by atoms with Gasteiger partial charge in [-0.3, -0.25) is 4.79 Å². The third-order valence-corrected chi connectivity index (χ3v) is 4.47. The van der Waals surface area contributed by atoms with Crippen molar-refractivity contribution in [3.05, 3.63) is 48.3 Å². The van der Waals surface area contributed by atoms with Crippen LogP contribution in [0.25, 0.3) is 5.69 Å². The molecular formula is C14H18N4O3S. The number of aromatic nitrogens is 2. The molecule has 7 nitrogen and oxygen atoms in total. The quantitative estimate of drug-likeness (QED) is 0.839. The molecule has 1 aromatic carbocycles. The SMILES string of the molecule is CN(CCNC(=O)c1cccc(-n2cccn2)c1)S(C)(=O)=O. The lowest BCUT2D eigenvalue weighted by Gasteiger charge is -2.14. The Morgan fingerprint density at radius 2 is 2.14 bits per heavy atom. The Kier molecular flexibility index (Phi) is 4.94. The molecule has 0 aliphatic carbocycles. The first-order valence-electron chi connectivity index (χ1n) is 6.67. The van der Waals surface area contributed by atoms with Crippen molar-refractivity contribution >= 4 is 15.9 Å². The van der Waals surface area contributed by atoms with Crippen molar-refractivity contribution in [3.8, 4) is 5.69 Å². The lowest BCUT2D eigenvalue weighted by Crippen LogP contribution is -2.35. The van der Waals surface area contributed by atoms with E-state index in [2.05, 4.69) is 10.4 Å². The number of carbonyl (C=O) groups excluding carboxylic acids is 1. The van der Waals surface area contributed by atoms with Gasteiger partial charge in [0.15, 0.2) is 0 Å². The van der Waals surface area contributed by atoms with Gasteiger partial charge >= 0.3 is 0 Å². The number of carbonyl (C=O) groups is 1. The molecule has 0 saturated heterocycles. The second kappa shape index (κ2) is 6.71. The molecule has 1 amide bonds. The zero-order valence-corrected chi connectivity index (χ0v) is 13.2. The van der Waals surface area contributed by atoms with E-state index in [1.54, 1.807) is 41.3 Å². The van der Waals surface area contributed by atoms with Gasteiger partial charge in [-0.2, -0.15) is 5.10 Å². The minimum atomic E-state index is -3.23. The summed E-state index contributed by atoms with van der Waals surface area (Å²) >= 11 is 0. The van der Waals surface area contributed by atoms with Crippen LogP contribution in [0.2, 0.25) is 0 Å².